The molecule has 2 aromatic carbocycles. The summed E-state index contributed by atoms with van der Waals surface area (Å²) in [5.41, 5.74) is 7.25. The van der Waals surface area contributed by atoms with Crippen LogP contribution in [0.4, 0.5) is 4.39 Å². The third kappa shape index (κ3) is 3.27. The van der Waals surface area contributed by atoms with E-state index in [1.54, 1.807) is 37.3 Å². The molecule has 0 fully saturated rings. The number of ether oxygens (including phenoxy) is 1. The number of rotatable bonds is 4. The number of aryl methyl sites for hydroxylation is 1. The summed E-state index contributed by atoms with van der Waals surface area (Å²) in [5.74, 6) is 0.0975. The molecule has 0 aliphatic heterocycles. The molecule has 0 amide bonds. The van der Waals surface area contributed by atoms with Gasteiger partial charge in [-0.1, -0.05) is 29.8 Å². The van der Waals surface area contributed by atoms with Crippen LogP contribution in [0.5, 0.6) is 5.75 Å². The average Bonchev–Trinajstić information content (AvgIpc) is 2.41. The Morgan fingerprint density at radius 2 is 2.05 bits per heavy atom. The summed E-state index contributed by atoms with van der Waals surface area (Å²) in [6, 6.07) is 9.75. The van der Waals surface area contributed by atoms with E-state index in [4.69, 9.17) is 27.5 Å². The minimum atomic E-state index is -0.305. The summed E-state index contributed by atoms with van der Waals surface area (Å²) in [6.07, 6.45) is 0. The standard InChI is InChI=1S/C15H14ClFN2O/c1-9-2-5-12(7-14(9)17)20-8-11-4-3-10(15(18)19)6-13(11)16/h2-7H,8H2,1H3,(H3,18,19). The lowest BCUT2D eigenvalue weighted by atomic mass is 10.1. The van der Waals surface area contributed by atoms with Gasteiger partial charge in [0, 0.05) is 22.2 Å². The second-order valence-corrected chi connectivity index (χ2v) is 4.83. The Balaban J connectivity index is 2.10. The van der Waals surface area contributed by atoms with Crippen LogP contribution in [0.3, 0.4) is 0 Å². The van der Waals surface area contributed by atoms with Gasteiger partial charge in [0.1, 0.15) is 24.0 Å². The number of nitrogens with one attached hydrogen (secondary N) is 1. The summed E-state index contributed by atoms with van der Waals surface area (Å²) in [6.45, 7) is 1.91. The van der Waals surface area contributed by atoms with Crippen molar-refractivity contribution in [2.75, 3.05) is 0 Å². The topological polar surface area (TPSA) is 59.1 Å². The molecule has 0 atom stereocenters. The van der Waals surface area contributed by atoms with Crippen LogP contribution in [0.15, 0.2) is 36.4 Å². The highest BCUT2D eigenvalue weighted by Gasteiger charge is 2.06. The van der Waals surface area contributed by atoms with Gasteiger partial charge in [-0.2, -0.15) is 0 Å². The molecule has 104 valence electrons. The summed E-state index contributed by atoms with van der Waals surface area (Å²) >= 11 is 6.09. The first-order chi connectivity index (χ1) is 9.47. The Kier molecular flexibility index (Phi) is 4.25. The van der Waals surface area contributed by atoms with Crippen LogP contribution >= 0.6 is 11.6 Å². The lowest BCUT2D eigenvalue weighted by Gasteiger charge is -2.09. The maximum absolute atomic E-state index is 13.4. The van der Waals surface area contributed by atoms with Crippen molar-refractivity contribution in [1.82, 2.24) is 0 Å². The summed E-state index contributed by atoms with van der Waals surface area (Å²) in [5, 5.41) is 7.79. The minimum Gasteiger partial charge on any atom is -0.489 e. The van der Waals surface area contributed by atoms with Gasteiger partial charge in [0.25, 0.3) is 0 Å². The highest BCUT2D eigenvalue weighted by atomic mass is 35.5. The van der Waals surface area contributed by atoms with E-state index in [9.17, 15) is 4.39 Å². The molecule has 0 heterocycles. The normalized spacial score (nSPS) is 10.3. The van der Waals surface area contributed by atoms with Crippen LogP contribution in [-0.2, 0) is 6.61 Å². The predicted molar refractivity (Wildman–Crippen MR) is 77.9 cm³/mol. The van der Waals surface area contributed by atoms with Gasteiger partial charge in [-0.25, -0.2) is 4.39 Å². The van der Waals surface area contributed by atoms with Gasteiger partial charge in [-0.3, -0.25) is 5.41 Å². The molecule has 0 saturated heterocycles. The third-order valence-electron chi connectivity index (χ3n) is 2.90. The molecule has 0 bridgehead atoms. The van der Waals surface area contributed by atoms with Crippen molar-refractivity contribution in [3.05, 3.63) is 63.9 Å². The van der Waals surface area contributed by atoms with Crippen molar-refractivity contribution in [1.29, 1.82) is 5.41 Å². The summed E-state index contributed by atoms with van der Waals surface area (Å²) in [7, 11) is 0. The van der Waals surface area contributed by atoms with E-state index in [1.165, 1.54) is 6.07 Å². The zero-order valence-corrected chi connectivity index (χ0v) is 11.7. The number of hydrogen-bond donors (Lipinski definition) is 2. The van der Waals surface area contributed by atoms with Gasteiger partial charge < -0.3 is 10.5 Å². The van der Waals surface area contributed by atoms with Crippen molar-refractivity contribution in [2.45, 2.75) is 13.5 Å². The molecule has 0 aliphatic rings. The Morgan fingerprint density at radius 1 is 1.30 bits per heavy atom. The smallest absolute Gasteiger partial charge is 0.129 e. The molecule has 2 rings (SSSR count). The van der Waals surface area contributed by atoms with E-state index >= 15 is 0 Å². The van der Waals surface area contributed by atoms with E-state index in [1.807, 2.05) is 0 Å². The zero-order chi connectivity index (χ0) is 14.7. The second kappa shape index (κ2) is 5.92. The fourth-order valence-corrected chi connectivity index (χ4v) is 1.89. The Bertz CT molecular complexity index is 658. The number of nitrogen functional groups attached to an aromatic ring is 1. The molecule has 5 heteroatoms. The van der Waals surface area contributed by atoms with Crippen LogP contribution in [0.2, 0.25) is 5.02 Å². The number of amidine groups is 1. The molecular weight excluding hydrogens is 279 g/mol. The number of benzene rings is 2. The molecule has 0 aliphatic carbocycles. The van der Waals surface area contributed by atoms with Crippen molar-refractivity contribution < 1.29 is 9.13 Å². The molecule has 0 saturated carbocycles. The molecule has 0 aromatic heterocycles. The molecular formula is C15H14ClFN2O. The molecule has 0 radical (unpaired) electrons. The molecule has 3 nitrogen and oxygen atoms in total. The van der Waals surface area contributed by atoms with E-state index in [2.05, 4.69) is 0 Å². The van der Waals surface area contributed by atoms with Gasteiger partial charge in [0.05, 0.1) is 0 Å². The monoisotopic (exact) mass is 292 g/mol. The number of hydrogen-bond acceptors (Lipinski definition) is 2. The lowest BCUT2D eigenvalue weighted by Crippen LogP contribution is -2.11. The van der Waals surface area contributed by atoms with Gasteiger partial charge in [-0.05, 0) is 24.6 Å². The van der Waals surface area contributed by atoms with Crippen LogP contribution in [0.1, 0.15) is 16.7 Å². The third-order valence-corrected chi connectivity index (χ3v) is 3.25. The van der Waals surface area contributed by atoms with Crippen LogP contribution in [-0.4, -0.2) is 5.84 Å². The number of halogens is 2. The predicted octanol–water partition coefficient (Wildman–Crippen LogP) is 3.65. The van der Waals surface area contributed by atoms with Gasteiger partial charge in [-0.15, -0.1) is 0 Å². The van der Waals surface area contributed by atoms with Crippen molar-refractivity contribution in [3.63, 3.8) is 0 Å². The summed E-state index contributed by atoms with van der Waals surface area (Å²) in [4.78, 5) is 0. The van der Waals surface area contributed by atoms with Gasteiger partial charge in [0.2, 0.25) is 0 Å². The average molecular weight is 293 g/mol. The zero-order valence-electron chi connectivity index (χ0n) is 10.9. The fraction of sp³-hybridized carbons (Fsp3) is 0.133. The first-order valence-corrected chi connectivity index (χ1v) is 6.37. The lowest BCUT2D eigenvalue weighted by molar-refractivity contribution is 0.304. The fourth-order valence-electron chi connectivity index (χ4n) is 1.66. The molecule has 3 N–H and O–H groups in total. The maximum Gasteiger partial charge on any atom is 0.129 e. The van der Waals surface area contributed by atoms with E-state index < -0.39 is 0 Å². The van der Waals surface area contributed by atoms with Crippen LogP contribution in [0.25, 0.3) is 0 Å². The second-order valence-electron chi connectivity index (χ2n) is 4.42. The Hall–Kier alpha value is -2.07. The van der Waals surface area contributed by atoms with Gasteiger partial charge in [0.15, 0.2) is 0 Å². The molecule has 0 spiro atoms. The molecule has 20 heavy (non-hydrogen) atoms. The van der Waals surface area contributed by atoms with Crippen LogP contribution in [0, 0.1) is 18.2 Å². The maximum atomic E-state index is 13.4. The largest absolute Gasteiger partial charge is 0.489 e. The van der Waals surface area contributed by atoms with Crippen LogP contribution < -0.4 is 10.5 Å². The molecule has 2 aromatic rings. The molecule has 0 unspecified atom stereocenters. The van der Waals surface area contributed by atoms with Crippen molar-refractivity contribution in [3.8, 4) is 5.75 Å². The quantitative estimate of drug-likeness (QED) is 0.667. The van der Waals surface area contributed by atoms with E-state index in [0.717, 1.165) is 5.56 Å². The van der Waals surface area contributed by atoms with E-state index in [-0.39, 0.29) is 18.3 Å². The van der Waals surface area contributed by atoms with Crippen molar-refractivity contribution >= 4 is 17.4 Å². The van der Waals surface area contributed by atoms with E-state index in [0.29, 0.717) is 21.9 Å². The summed E-state index contributed by atoms with van der Waals surface area (Å²) < 4.78 is 18.9. The Labute approximate surface area is 121 Å². The van der Waals surface area contributed by atoms with Gasteiger partial charge >= 0.3 is 0 Å². The number of nitrogens with two attached hydrogens (primary N) is 1. The first kappa shape index (κ1) is 14.3. The Morgan fingerprint density at radius 3 is 2.65 bits per heavy atom. The highest BCUT2D eigenvalue weighted by Crippen LogP contribution is 2.21. The SMILES string of the molecule is Cc1ccc(OCc2ccc(C(=N)N)cc2Cl)cc1F. The van der Waals surface area contributed by atoms with Crippen molar-refractivity contribution in [2.24, 2.45) is 5.73 Å². The first-order valence-electron chi connectivity index (χ1n) is 5.99. The highest BCUT2D eigenvalue weighted by molar-refractivity contribution is 6.31. The minimum absolute atomic E-state index is 0.0417.